The number of carbonyl (C=O) groups excluding carboxylic acids is 1. The van der Waals surface area contributed by atoms with Gasteiger partial charge in [0.25, 0.3) is 0 Å². The van der Waals surface area contributed by atoms with E-state index in [0.717, 1.165) is 30.5 Å². The Morgan fingerprint density at radius 1 is 1.21 bits per heavy atom. The molecule has 0 spiro atoms. The highest BCUT2D eigenvalue weighted by atomic mass is 35.5. The summed E-state index contributed by atoms with van der Waals surface area (Å²) in [5.41, 5.74) is 7.20. The Morgan fingerprint density at radius 3 is 2.79 bits per heavy atom. The maximum Gasteiger partial charge on any atom is 0.217 e. The average Bonchev–Trinajstić information content (AvgIpc) is 2.70. The predicted molar refractivity (Wildman–Crippen MR) is 114 cm³/mol. The van der Waals surface area contributed by atoms with Crippen LogP contribution in [0.4, 0.5) is 10.2 Å². The van der Waals surface area contributed by atoms with Gasteiger partial charge in [0.05, 0.1) is 15.4 Å². The molecule has 0 saturated carbocycles. The van der Waals surface area contributed by atoms with E-state index in [-0.39, 0.29) is 17.3 Å². The zero-order valence-corrected chi connectivity index (χ0v) is 17.0. The lowest BCUT2D eigenvalue weighted by Crippen LogP contribution is -2.37. The number of primary amides is 1. The highest BCUT2D eigenvalue weighted by Gasteiger charge is 2.25. The number of benzene rings is 2. The minimum atomic E-state index is -0.418. The maximum atomic E-state index is 14.6. The van der Waals surface area contributed by atoms with Crippen molar-refractivity contribution in [1.29, 1.82) is 0 Å². The van der Waals surface area contributed by atoms with Gasteiger partial charge in [0.1, 0.15) is 23.5 Å². The fraction of sp³-hybridized carbons (Fsp3) is 0.286. The van der Waals surface area contributed by atoms with Crippen LogP contribution in [0.15, 0.2) is 36.7 Å². The number of rotatable bonds is 4. The third kappa shape index (κ3) is 4.00. The molecule has 1 saturated heterocycles. The molecule has 1 aromatic heterocycles. The molecule has 0 radical (unpaired) electrons. The zero-order chi connectivity index (χ0) is 20.5. The van der Waals surface area contributed by atoms with Crippen molar-refractivity contribution in [1.82, 2.24) is 9.97 Å². The van der Waals surface area contributed by atoms with Gasteiger partial charge in [-0.05, 0) is 48.1 Å². The molecule has 0 bridgehead atoms. The van der Waals surface area contributed by atoms with E-state index in [4.69, 9.17) is 28.9 Å². The van der Waals surface area contributed by atoms with Crippen LogP contribution in [0.5, 0.6) is 0 Å². The summed E-state index contributed by atoms with van der Waals surface area (Å²) in [4.78, 5) is 22.1. The van der Waals surface area contributed by atoms with Gasteiger partial charge in [0.15, 0.2) is 0 Å². The summed E-state index contributed by atoms with van der Waals surface area (Å²) in [5, 5.41) is 1.48. The number of halogens is 3. The topological polar surface area (TPSA) is 72.1 Å². The number of anilines is 1. The van der Waals surface area contributed by atoms with Crippen LogP contribution in [0.3, 0.4) is 0 Å². The summed E-state index contributed by atoms with van der Waals surface area (Å²) in [6, 6.07) is 8.39. The van der Waals surface area contributed by atoms with Crippen molar-refractivity contribution in [2.24, 2.45) is 11.7 Å². The molecule has 150 valence electrons. The van der Waals surface area contributed by atoms with E-state index < -0.39 is 5.82 Å². The normalized spacial score (nSPS) is 16.9. The molecule has 29 heavy (non-hydrogen) atoms. The largest absolute Gasteiger partial charge is 0.370 e. The quantitative estimate of drug-likeness (QED) is 0.640. The van der Waals surface area contributed by atoms with E-state index >= 15 is 0 Å². The lowest BCUT2D eigenvalue weighted by Gasteiger charge is -2.34. The number of carbonyl (C=O) groups is 1. The van der Waals surface area contributed by atoms with Crippen molar-refractivity contribution in [3.8, 4) is 11.1 Å². The van der Waals surface area contributed by atoms with Gasteiger partial charge in [0.2, 0.25) is 5.91 Å². The standard InChI is InChI=1S/C21H19Cl2FN4O/c22-15-5-3-13(9-16(15)23)14-4-6-17(24)20-19(14)21(27-11-26-20)28-7-1-2-12(10-28)8-18(25)29/h3-6,9,11-12H,1-2,7-8,10H2,(H2,25,29). The minimum absolute atomic E-state index is 0.147. The van der Waals surface area contributed by atoms with Crippen molar-refractivity contribution < 1.29 is 9.18 Å². The van der Waals surface area contributed by atoms with E-state index in [1.807, 2.05) is 6.07 Å². The Hall–Kier alpha value is -2.44. The first-order valence-corrected chi connectivity index (χ1v) is 10.1. The Balaban J connectivity index is 1.85. The molecular formula is C21H19Cl2FN4O. The van der Waals surface area contributed by atoms with E-state index in [1.54, 1.807) is 18.2 Å². The molecule has 2 heterocycles. The van der Waals surface area contributed by atoms with Gasteiger partial charge in [-0.2, -0.15) is 0 Å². The SMILES string of the molecule is NC(=O)CC1CCCN(c2ncnc3c(F)ccc(-c4ccc(Cl)c(Cl)c4)c23)C1. The van der Waals surface area contributed by atoms with E-state index in [1.165, 1.54) is 12.4 Å². The van der Waals surface area contributed by atoms with Gasteiger partial charge in [-0.1, -0.05) is 35.3 Å². The molecule has 1 unspecified atom stereocenters. The molecule has 2 aromatic carbocycles. The second kappa shape index (κ2) is 8.13. The molecule has 1 amide bonds. The van der Waals surface area contributed by atoms with Crippen molar-refractivity contribution >= 4 is 45.8 Å². The number of hydrogen-bond acceptors (Lipinski definition) is 4. The fourth-order valence-electron chi connectivity index (χ4n) is 3.98. The number of nitrogens with zero attached hydrogens (tertiary/aromatic N) is 3. The summed E-state index contributed by atoms with van der Waals surface area (Å²) < 4.78 is 14.6. The van der Waals surface area contributed by atoms with Crippen LogP contribution in [0.1, 0.15) is 19.3 Å². The first-order valence-electron chi connectivity index (χ1n) is 9.36. The Morgan fingerprint density at radius 2 is 2.03 bits per heavy atom. The van der Waals surface area contributed by atoms with Crippen LogP contribution in [-0.2, 0) is 4.79 Å². The average molecular weight is 433 g/mol. The Labute approximate surface area is 177 Å². The summed E-state index contributed by atoms with van der Waals surface area (Å²) >= 11 is 12.3. The van der Waals surface area contributed by atoms with Crippen LogP contribution in [0.25, 0.3) is 22.0 Å². The maximum absolute atomic E-state index is 14.6. The fourth-order valence-corrected chi connectivity index (χ4v) is 4.27. The molecule has 2 N–H and O–H groups in total. The Kier molecular flexibility index (Phi) is 5.56. The minimum Gasteiger partial charge on any atom is -0.370 e. The summed E-state index contributed by atoms with van der Waals surface area (Å²) in [7, 11) is 0. The highest BCUT2D eigenvalue weighted by molar-refractivity contribution is 6.42. The number of hydrogen-bond donors (Lipinski definition) is 1. The van der Waals surface area contributed by atoms with Gasteiger partial charge in [0, 0.05) is 19.5 Å². The second-order valence-electron chi connectivity index (χ2n) is 7.27. The van der Waals surface area contributed by atoms with Crippen LogP contribution < -0.4 is 10.6 Å². The molecule has 3 aromatic rings. The van der Waals surface area contributed by atoms with Crippen molar-refractivity contribution in [2.45, 2.75) is 19.3 Å². The number of piperidine rings is 1. The third-order valence-corrected chi connectivity index (χ3v) is 6.00. The van der Waals surface area contributed by atoms with Crippen LogP contribution in [0.2, 0.25) is 10.0 Å². The molecule has 1 aliphatic rings. The molecular weight excluding hydrogens is 414 g/mol. The number of amides is 1. The number of fused-ring (bicyclic) bond motifs is 1. The van der Waals surface area contributed by atoms with E-state index in [9.17, 15) is 9.18 Å². The summed E-state index contributed by atoms with van der Waals surface area (Å²) in [6.07, 6.45) is 3.53. The van der Waals surface area contributed by atoms with Gasteiger partial charge >= 0.3 is 0 Å². The zero-order valence-electron chi connectivity index (χ0n) is 15.5. The molecule has 1 atom stereocenters. The smallest absolute Gasteiger partial charge is 0.217 e. The van der Waals surface area contributed by atoms with E-state index in [2.05, 4.69) is 14.9 Å². The molecule has 0 aliphatic carbocycles. The predicted octanol–water partition coefficient (Wildman–Crippen LogP) is 4.83. The summed E-state index contributed by atoms with van der Waals surface area (Å²) in [5.74, 6) is 0.0584. The highest BCUT2D eigenvalue weighted by Crippen LogP contribution is 2.38. The first kappa shape index (κ1) is 19.9. The van der Waals surface area contributed by atoms with Crippen LogP contribution in [-0.4, -0.2) is 29.0 Å². The van der Waals surface area contributed by atoms with Crippen LogP contribution >= 0.6 is 23.2 Å². The van der Waals surface area contributed by atoms with Gasteiger partial charge < -0.3 is 10.6 Å². The Bertz CT molecular complexity index is 1090. The number of nitrogens with two attached hydrogens (primary N) is 1. The van der Waals surface area contributed by atoms with Crippen molar-refractivity contribution in [2.75, 3.05) is 18.0 Å². The molecule has 1 fully saturated rings. The van der Waals surface area contributed by atoms with E-state index in [0.29, 0.717) is 34.2 Å². The lowest BCUT2D eigenvalue weighted by atomic mass is 9.93. The second-order valence-corrected chi connectivity index (χ2v) is 8.08. The van der Waals surface area contributed by atoms with Gasteiger partial charge in [-0.15, -0.1) is 0 Å². The monoisotopic (exact) mass is 432 g/mol. The number of aromatic nitrogens is 2. The molecule has 5 nitrogen and oxygen atoms in total. The molecule has 1 aliphatic heterocycles. The summed E-state index contributed by atoms with van der Waals surface area (Å²) in [6.45, 7) is 1.39. The third-order valence-electron chi connectivity index (χ3n) is 5.26. The van der Waals surface area contributed by atoms with Crippen LogP contribution in [0, 0.1) is 11.7 Å². The van der Waals surface area contributed by atoms with Crippen molar-refractivity contribution in [3.63, 3.8) is 0 Å². The molecule has 8 heteroatoms. The first-order chi connectivity index (χ1) is 13.9. The lowest BCUT2D eigenvalue weighted by molar-refractivity contribution is -0.118. The van der Waals surface area contributed by atoms with Gasteiger partial charge in [-0.25, -0.2) is 14.4 Å². The van der Waals surface area contributed by atoms with Gasteiger partial charge in [-0.3, -0.25) is 4.79 Å². The van der Waals surface area contributed by atoms with Crippen molar-refractivity contribution in [3.05, 3.63) is 52.5 Å². The molecule has 4 rings (SSSR count).